The first-order valence-electron chi connectivity index (χ1n) is 7.93. The maximum atomic E-state index is 12.8. The van der Waals surface area contributed by atoms with Crippen LogP contribution >= 0.6 is 15.9 Å². The molecule has 1 fully saturated rings. The smallest absolute Gasteiger partial charge is 0.416 e. The van der Waals surface area contributed by atoms with Crippen LogP contribution in [0, 0.1) is 0 Å². The van der Waals surface area contributed by atoms with E-state index in [4.69, 9.17) is 9.47 Å². The first kappa shape index (κ1) is 17.5. The summed E-state index contributed by atoms with van der Waals surface area (Å²) < 4.78 is 11.3. The van der Waals surface area contributed by atoms with E-state index < -0.39 is 6.09 Å². The zero-order valence-electron chi connectivity index (χ0n) is 13.8. The maximum absolute atomic E-state index is 12.8. The number of carbonyl (C=O) groups is 2. The molecule has 0 saturated carbocycles. The number of imide groups is 1. The van der Waals surface area contributed by atoms with E-state index in [2.05, 4.69) is 15.9 Å². The molecule has 0 aromatic heterocycles. The van der Waals surface area contributed by atoms with E-state index in [0.717, 1.165) is 15.6 Å². The molecule has 0 aliphatic carbocycles. The summed E-state index contributed by atoms with van der Waals surface area (Å²) >= 11 is 3.39. The molecule has 0 unspecified atom stereocenters. The Morgan fingerprint density at radius 1 is 1.28 bits per heavy atom. The van der Waals surface area contributed by atoms with Crippen LogP contribution in [0.5, 0.6) is 5.75 Å². The van der Waals surface area contributed by atoms with E-state index in [-0.39, 0.29) is 25.0 Å². The Morgan fingerprint density at radius 2 is 2.04 bits per heavy atom. The van der Waals surface area contributed by atoms with E-state index >= 15 is 0 Å². The molecule has 3 rings (SSSR count). The first-order chi connectivity index (χ1) is 12.1. The van der Waals surface area contributed by atoms with Crippen molar-refractivity contribution in [2.45, 2.75) is 18.9 Å². The van der Waals surface area contributed by atoms with Gasteiger partial charge in [-0.05, 0) is 30.2 Å². The van der Waals surface area contributed by atoms with E-state index in [9.17, 15) is 9.59 Å². The van der Waals surface area contributed by atoms with E-state index in [1.54, 1.807) is 13.2 Å². The average Bonchev–Trinajstić information content (AvgIpc) is 2.96. The number of cyclic esters (lactones) is 1. The summed E-state index contributed by atoms with van der Waals surface area (Å²) in [4.78, 5) is 26.1. The highest BCUT2D eigenvalue weighted by molar-refractivity contribution is 9.10. The van der Waals surface area contributed by atoms with Gasteiger partial charge in [-0.25, -0.2) is 9.69 Å². The molecule has 130 valence electrons. The van der Waals surface area contributed by atoms with Crippen molar-refractivity contribution < 1.29 is 19.1 Å². The van der Waals surface area contributed by atoms with E-state index in [0.29, 0.717) is 12.2 Å². The van der Waals surface area contributed by atoms with Crippen LogP contribution in [0.1, 0.15) is 11.1 Å². The molecular weight excluding hydrogens is 386 g/mol. The van der Waals surface area contributed by atoms with Gasteiger partial charge in [-0.3, -0.25) is 4.79 Å². The summed E-state index contributed by atoms with van der Waals surface area (Å²) in [7, 11) is 1.56. The fourth-order valence-corrected chi connectivity index (χ4v) is 3.34. The summed E-state index contributed by atoms with van der Waals surface area (Å²) in [5.41, 5.74) is 1.78. The number of rotatable bonds is 5. The molecule has 1 aliphatic rings. The lowest BCUT2D eigenvalue weighted by atomic mass is 10.0. The summed E-state index contributed by atoms with van der Waals surface area (Å²) in [5.74, 6) is 0.323. The van der Waals surface area contributed by atoms with Crippen molar-refractivity contribution in [1.82, 2.24) is 4.90 Å². The minimum absolute atomic E-state index is 0.0724. The van der Waals surface area contributed by atoms with Gasteiger partial charge in [0.1, 0.15) is 12.4 Å². The Kier molecular flexibility index (Phi) is 5.38. The Bertz CT molecular complexity index is 778. The van der Waals surface area contributed by atoms with Gasteiger partial charge in [-0.2, -0.15) is 0 Å². The predicted octanol–water partition coefficient (Wildman–Crippen LogP) is 3.59. The molecule has 6 heteroatoms. The van der Waals surface area contributed by atoms with Crippen LogP contribution in [0.2, 0.25) is 0 Å². The zero-order chi connectivity index (χ0) is 17.8. The highest BCUT2D eigenvalue weighted by Crippen LogP contribution is 2.25. The minimum atomic E-state index is -0.583. The molecular formula is C19H18BrNO4. The Labute approximate surface area is 154 Å². The van der Waals surface area contributed by atoms with Crippen molar-refractivity contribution in [2.24, 2.45) is 0 Å². The van der Waals surface area contributed by atoms with Crippen LogP contribution in [0.25, 0.3) is 0 Å². The molecule has 25 heavy (non-hydrogen) atoms. The summed E-state index contributed by atoms with van der Waals surface area (Å²) in [6, 6.07) is 14.9. The average molecular weight is 404 g/mol. The molecule has 2 aromatic carbocycles. The maximum Gasteiger partial charge on any atom is 0.416 e. The fraction of sp³-hybridized carbons (Fsp3) is 0.263. The van der Waals surface area contributed by atoms with Crippen molar-refractivity contribution in [1.29, 1.82) is 0 Å². The highest BCUT2D eigenvalue weighted by atomic mass is 79.9. The largest absolute Gasteiger partial charge is 0.496 e. The van der Waals surface area contributed by atoms with Gasteiger partial charge in [0.15, 0.2) is 0 Å². The molecule has 5 nitrogen and oxygen atoms in total. The molecule has 0 N–H and O–H groups in total. The van der Waals surface area contributed by atoms with Crippen molar-refractivity contribution in [3.05, 3.63) is 64.1 Å². The molecule has 1 atom stereocenters. The lowest BCUT2D eigenvalue weighted by molar-refractivity contribution is -0.128. The number of benzene rings is 2. The fourth-order valence-electron chi connectivity index (χ4n) is 2.94. The molecule has 2 amide bonds. The molecule has 1 aliphatic heterocycles. The normalized spacial score (nSPS) is 16.6. The highest BCUT2D eigenvalue weighted by Gasteiger charge is 2.37. The number of ether oxygens (including phenoxy) is 2. The molecule has 0 bridgehead atoms. The number of hydrogen-bond donors (Lipinski definition) is 0. The van der Waals surface area contributed by atoms with Crippen molar-refractivity contribution in [2.75, 3.05) is 13.7 Å². The monoisotopic (exact) mass is 403 g/mol. The molecule has 0 radical (unpaired) electrons. The van der Waals surface area contributed by atoms with Gasteiger partial charge in [0.25, 0.3) is 0 Å². The number of carbonyl (C=O) groups excluding carboxylic acids is 2. The van der Waals surface area contributed by atoms with E-state index in [1.807, 2.05) is 42.5 Å². The van der Waals surface area contributed by atoms with Gasteiger partial charge in [-0.1, -0.05) is 46.3 Å². The number of nitrogens with zero attached hydrogens (tertiary/aromatic N) is 1. The number of methoxy groups -OCH3 is 1. The lowest BCUT2D eigenvalue weighted by Gasteiger charge is -2.20. The van der Waals surface area contributed by atoms with Crippen molar-refractivity contribution >= 4 is 27.9 Å². The zero-order valence-corrected chi connectivity index (χ0v) is 15.4. The van der Waals surface area contributed by atoms with Crippen LogP contribution in [-0.2, 0) is 22.4 Å². The van der Waals surface area contributed by atoms with E-state index in [1.165, 1.54) is 4.90 Å². The summed E-state index contributed by atoms with van der Waals surface area (Å²) in [6.45, 7) is 0.217. The van der Waals surface area contributed by atoms with Gasteiger partial charge in [0.05, 0.1) is 19.6 Å². The van der Waals surface area contributed by atoms with Gasteiger partial charge in [0.2, 0.25) is 5.91 Å². The van der Waals surface area contributed by atoms with Gasteiger partial charge < -0.3 is 9.47 Å². The van der Waals surface area contributed by atoms with Crippen molar-refractivity contribution in [3.63, 3.8) is 0 Å². The molecule has 2 aromatic rings. The quantitative estimate of drug-likeness (QED) is 0.765. The van der Waals surface area contributed by atoms with Crippen LogP contribution in [0.15, 0.2) is 53.0 Å². The summed E-state index contributed by atoms with van der Waals surface area (Å²) in [6.07, 6.45) is 0.0663. The Balaban J connectivity index is 1.77. The third-order valence-electron chi connectivity index (χ3n) is 4.13. The van der Waals surface area contributed by atoms with Crippen LogP contribution in [-0.4, -0.2) is 36.7 Å². The topological polar surface area (TPSA) is 55.8 Å². The number of amides is 2. The van der Waals surface area contributed by atoms with Gasteiger partial charge in [-0.15, -0.1) is 0 Å². The van der Waals surface area contributed by atoms with Crippen molar-refractivity contribution in [3.8, 4) is 5.75 Å². The second-order valence-corrected chi connectivity index (χ2v) is 6.73. The minimum Gasteiger partial charge on any atom is -0.496 e. The number of halogens is 1. The Hall–Kier alpha value is -2.34. The Morgan fingerprint density at radius 3 is 2.76 bits per heavy atom. The first-order valence-corrected chi connectivity index (χ1v) is 8.73. The molecule has 1 saturated heterocycles. The van der Waals surface area contributed by atoms with Crippen LogP contribution < -0.4 is 4.74 Å². The van der Waals surface area contributed by atoms with Gasteiger partial charge >= 0.3 is 6.09 Å². The third-order valence-corrected chi connectivity index (χ3v) is 4.62. The van der Waals surface area contributed by atoms with Crippen LogP contribution in [0.3, 0.4) is 0 Å². The molecule has 1 heterocycles. The van der Waals surface area contributed by atoms with Gasteiger partial charge in [0, 0.05) is 10.0 Å². The second-order valence-electron chi connectivity index (χ2n) is 5.82. The standard InChI is InChI=1S/C19H18BrNO4/c1-24-17-8-7-15(20)10-14(17)11-18(22)21-16(12-25-19(21)23)9-13-5-3-2-4-6-13/h2-8,10,16H,9,11-12H2,1H3/t16-/m1/s1. The SMILES string of the molecule is COc1ccc(Br)cc1CC(=O)N1C(=O)OC[C@H]1Cc1ccccc1. The predicted molar refractivity (Wildman–Crippen MR) is 96.5 cm³/mol. The summed E-state index contributed by atoms with van der Waals surface area (Å²) in [5, 5.41) is 0. The third kappa shape index (κ3) is 4.02. The molecule has 0 spiro atoms. The second kappa shape index (κ2) is 7.70. The number of hydrogen-bond acceptors (Lipinski definition) is 4. The lowest BCUT2D eigenvalue weighted by Crippen LogP contribution is -2.41. The van der Waals surface area contributed by atoms with Crippen LogP contribution in [0.4, 0.5) is 4.79 Å².